The summed E-state index contributed by atoms with van der Waals surface area (Å²) in [5.74, 6) is 0.176. The van der Waals surface area contributed by atoms with E-state index in [0.29, 0.717) is 11.3 Å². The summed E-state index contributed by atoms with van der Waals surface area (Å²) in [5, 5.41) is 2.68. The van der Waals surface area contributed by atoms with E-state index in [9.17, 15) is 13.2 Å². The van der Waals surface area contributed by atoms with E-state index in [4.69, 9.17) is 4.74 Å². The van der Waals surface area contributed by atoms with Gasteiger partial charge in [-0.05, 0) is 57.5 Å². The lowest BCUT2D eigenvalue weighted by molar-refractivity contribution is 0.102. The highest BCUT2D eigenvalue weighted by atomic mass is 32.2. The molecule has 0 aliphatic rings. The summed E-state index contributed by atoms with van der Waals surface area (Å²) in [6, 6.07) is 11.4. The first kappa shape index (κ1) is 19.9. The molecule has 0 bridgehead atoms. The maximum Gasteiger partial charge on any atom is 0.255 e. The number of hydrogen-bond acceptors (Lipinski definition) is 4. The number of sulfonamides is 1. The number of hydrogen-bond donors (Lipinski definition) is 2. The lowest BCUT2D eigenvalue weighted by atomic mass is 10.1. The number of nitrogens with one attached hydrogen (secondary N) is 2. The van der Waals surface area contributed by atoms with Crippen molar-refractivity contribution in [3.05, 3.63) is 53.6 Å². The van der Waals surface area contributed by atoms with Crippen molar-refractivity contribution in [3.8, 4) is 5.75 Å². The van der Waals surface area contributed by atoms with E-state index < -0.39 is 21.5 Å². The van der Waals surface area contributed by atoms with Gasteiger partial charge in [-0.3, -0.25) is 4.79 Å². The Kier molecular flexibility index (Phi) is 5.73. The fourth-order valence-corrected chi connectivity index (χ4v) is 4.00. The highest BCUT2D eigenvalue weighted by Crippen LogP contribution is 2.24. The van der Waals surface area contributed by atoms with Gasteiger partial charge in [-0.1, -0.05) is 18.2 Å². The van der Waals surface area contributed by atoms with Gasteiger partial charge in [0.15, 0.2) is 0 Å². The van der Waals surface area contributed by atoms with Gasteiger partial charge in [0.1, 0.15) is 10.6 Å². The Hall–Kier alpha value is -2.38. The van der Waals surface area contributed by atoms with Crippen LogP contribution in [0.2, 0.25) is 0 Å². The van der Waals surface area contributed by atoms with Gasteiger partial charge in [0.25, 0.3) is 5.91 Å². The third kappa shape index (κ3) is 4.83. The first-order chi connectivity index (χ1) is 12.0. The second-order valence-electron chi connectivity index (χ2n) is 6.99. The van der Waals surface area contributed by atoms with Crippen LogP contribution in [0.15, 0.2) is 47.4 Å². The van der Waals surface area contributed by atoms with E-state index in [1.165, 1.54) is 13.2 Å². The average Bonchev–Trinajstić information content (AvgIpc) is 2.53. The molecule has 140 valence electrons. The third-order valence-electron chi connectivity index (χ3n) is 3.54. The van der Waals surface area contributed by atoms with Gasteiger partial charge >= 0.3 is 0 Å². The predicted octanol–water partition coefficient (Wildman–Crippen LogP) is 3.33. The zero-order valence-electron chi connectivity index (χ0n) is 15.6. The van der Waals surface area contributed by atoms with Crippen molar-refractivity contribution in [1.82, 2.24) is 4.72 Å². The quantitative estimate of drug-likeness (QED) is 0.838. The van der Waals surface area contributed by atoms with Crippen molar-refractivity contribution in [2.75, 3.05) is 12.4 Å². The van der Waals surface area contributed by atoms with Crippen molar-refractivity contribution in [2.45, 2.75) is 38.1 Å². The molecule has 26 heavy (non-hydrogen) atoms. The molecular formula is C19H24N2O4S. The van der Waals surface area contributed by atoms with Crippen LogP contribution in [-0.4, -0.2) is 27.0 Å². The Bertz CT molecular complexity index is 915. The highest BCUT2D eigenvalue weighted by molar-refractivity contribution is 7.89. The van der Waals surface area contributed by atoms with Crippen LogP contribution in [0, 0.1) is 6.92 Å². The highest BCUT2D eigenvalue weighted by Gasteiger charge is 2.25. The Morgan fingerprint density at radius 1 is 1.08 bits per heavy atom. The van der Waals surface area contributed by atoms with E-state index in [-0.39, 0.29) is 10.6 Å². The summed E-state index contributed by atoms with van der Waals surface area (Å²) in [6.07, 6.45) is 0. The Morgan fingerprint density at radius 2 is 1.73 bits per heavy atom. The van der Waals surface area contributed by atoms with E-state index in [2.05, 4.69) is 10.0 Å². The number of ether oxygens (including phenoxy) is 1. The maximum absolute atomic E-state index is 12.6. The second kappa shape index (κ2) is 7.47. The summed E-state index contributed by atoms with van der Waals surface area (Å²) in [7, 11) is -2.25. The SMILES string of the molecule is COc1cc(C(=O)Nc2ccccc2S(=O)(=O)NC(C)(C)C)ccc1C. The van der Waals surface area contributed by atoms with Crippen LogP contribution in [0.5, 0.6) is 5.75 Å². The van der Waals surface area contributed by atoms with Gasteiger partial charge in [-0.25, -0.2) is 13.1 Å². The predicted molar refractivity (Wildman–Crippen MR) is 102 cm³/mol. The van der Waals surface area contributed by atoms with Crippen molar-refractivity contribution in [3.63, 3.8) is 0 Å². The van der Waals surface area contributed by atoms with Crippen molar-refractivity contribution >= 4 is 21.6 Å². The summed E-state index contributed by atoms with van der Waals surface area (Å²) < 4.78 is 33.1. The molecule has 2 rings (SSSR count). The molecule has 2 aromatic carbocycles. The minimum Gasteiger partial charge on any atom is -0.496 e. The van der Waals surface area contributed by atoms with Crippen molar-refractivity contribution in [1.29, 1.82) is 0 Å². The molecule has 1 amide bonds. The molecule has 0 radical (unpaired) electrons. The number of anilines is 1. The first-order valence-corrected chi connectivity index (χ1v) is 9.61. The van der Waals surface area contributed by atoms with Gasteiger partial charge in [0, 0.05) is 11.1 Å². The Morgan fingerprint density at radius 3 is 2.35 bits per heavy atom. The van der Waals surface area contributed by atoms with Crippen LogP contribution in [0.4, 0.5) is 5.69 Å². The average molecular weight is 376 g/mol. The Balaban J connectivity index is 2.35. The molecule has 2 aromatic rings. The van der Waals surface area contributed by atoms with Crippen LogP contribution in [0.1, 0.15) is 36.7 Å². The molecule has 0 unspecified atom stereocenters. The zero-order valence-corrected chi connectivity index (χ0v) is 16.4. The van der Waals surface area contributed by atoms with Crippen LogP contribution in [0.25, 0.3) is 0 Å². The number of carbonyl (C=O) groups excluding carboxylic acids is 1. The first-order valence-electron chi connectivity index (χ1n) is 8.12. The number of amides is 1. The molecule has 6 nitrogen and oxygen atoms in total. The van der Waals surface area contributed by atoms with Crippen LogP contribution in [0.3, 0.4) is 0 Å². The normalized spacial score (nSPS) is 11.9. The van der Waals surface area contributed by atoms with Crippen LogP contribution in [-0.2, 0) is 10.0 Å². The number of carbonyl (C=O) groups is 1. The van der Waals surface area contributed by atoms with Crippen LogP contribution < -0.4 is 14.8 Å². The number of benzene rings is 2. The molecular weight excluding hydrogens is 352 g/mol. The fraction of sp³-hybridized carbons (Fsp3) is 0.316. The van der Waals surface area contributed by atoms with Gasteiger partial charge in [0.2, 0.25) is 10.0 Å². The lowest BCUT2D eigenvalue weighted by Gasteiger charge is -2.21. The van der Waals surface area contributed by atoms with Crippen molar-refractivity contribution in [2.24, 2.45) is 0 Å². The molecule has 0 saturated heterocycles. The third-order valence-corrected chi connectivity index (χ3v) is 5.35. The summed E-state index contributed by atoms with van der Waals surface area (Å²) >= 11 is 0. The summed E-state index contributed by atoms with van der Waals surface area (Å²) in [6.45, 7) is 7.14. The standard InChI is InChI=1S/C19H24N2O4S/c1-13-10-11-14(12-16(13)25-5)18(22)20-15-8-6-7-9-17(15)26(23,24)21-19(2,3)4/h6-12,21H,1-5H3,(H,20,22). The van der Waals surface area contributed by atoms with Crippen LogP contribution >= 0.6 is 0 Å². The lowest BCUT2D eigenvalue weighted by Crippen LogP contribution is -2.40. The largest absolute Gasteiger partial charge is 0.496 e. The van der Waals surface area contributed by atoms with E-state index in [1.54, 1.807) is 57.2 Å². The van der Waals surface area contributed by atoms with Gasteiger partial charge in [-0.15, -0.1) is 0 Å². The number of aryl methyl sites for hydroxylation is 1. The number of rotatable bonds is 5. The number of methoxy groups -OCH3 is 1. The Labute approximate surface area is 154 Å². The van der Waals surface area contributed by atoms with E-state index >= 15 is 0 Å². The van der Waals surface area contributed by atoms with Gasteiger partial charge in [-0.2, -0.15) is 0 Å². The molecule has 0 atom stereocenters. The van der Waals surface area contributed by atoms with E-state index in [1.807, 2.05) is 6.92 Å². The van der Waals surface area contributed by atoms with Gasteiger partial charge < -0.3 is 10.1 Å². The summed E-state index contributed by atoms with van der Waals surface area (Å²) in [5.41, 5.74) is 0.860. The molecule has 0 heterocycles. The maximum atomic E-state index is 12.6. The minimum absolute atomic E-state index is 0.0161. The molecule has 0 saturated carbocycles. The monoisotopic (exact) mass is 376 g/mol. The minimum atomic E-state index is -3.79. The second-order valence-corrected chi connectivity index (χ2v) is 8.64. The number of para-hydroxylation sites is 1. The fourth-order valence-electron chi connectivity index (χ4n) is 2.42. The molecule has 0 aliphatic carbocycles. The molecule has 0 spiro atoms. The topological polar surface area (TPSA) is 84.5 Å². The van der Waals surface area contributed by atoms with Crippen molar-refractivity contribution < 1.29 is 17.9 Å². The molecule has 2 N–H and O–H groups in total. The van der Waals surface area contributed by atoms with E-state index in [0.717, 1.165) is 5.56 Å². The molecule has 0 aliphatic heterocycles. The van der Waals surface area contributed by atoms with Gasteiger partial charge in [0.05, 0.1) is 12.8 Å². The molecule has 0 aromatic heterocycles. The summed E-state index contributed by atoms with van der Waals surface area (Å²) in [4.78, 5) is 12.6. The smallest absolute Gasteiger partial charge is 0.255 e. The molecule has 7 heteroatoms. The zero-order chi connectivity index (χ0) is 19.5. The molecule has 0 fully saturated rings.